The highest BCUT2D eigenvalue weighted by Gasteiger charge is 2.33. The van der Waals surface area contributed by atoms with Crippen molar-refractivity contribution in [3.05, 3.63) is 33.7 Å². The molecule has 2 aromatic rings. The molecule has 1 aromatic heterocycles. The van der Waals surface area contributed by atoms with E-state index < -0.39 is 0 Å². The maximum absolute atomic E-state index is 12.9. The van der Waals surface area contributed by atoms with Crippen molar-refractivity contribution in [1.82, 2.24) is 10.2 Å². The first-order chi connectivity index (χ1) is 13.0. The number of fused-ring (bicyclic) bond motifs is 3. The minimum atomic E-state index is -0.364. The number of rotatable bonds is 4. The number of anilines is 1. The summed E-state index contributed by atoms with van der Waals surface area (Å²) in [7, 11) is 6.83. The summed E-state index contributed by atoms with van der Waals surface area (Å²) >= 11 is 1.67. The molecule has 1 atom stereocenters. The highest BCUT2D eigenvalue weighted by atomic mass is 32.1. The minimum Gasteiger partial charge on any atom is -0.493 e. The zero-order chi connectivity index (χ0) is 19.1. The summed E-state index contributed by atoms with van der Waals surface area (Å²) in [6.45, 7) is 1.86. The molecule has 0 spiro atoms. The van der Waals surface area contributed by atoms with Crippen LogP contribution in [0, 0.1) is 0 Å². The Morgan fingerprint density at radius 1 is 1.11 bits per heavy atom. The lowest BCUT2D eigenvalue weighted by Crippen LogP contribution is -2.38. The second kappa shape index (κ2) is 6.94. The molecule has 0 radical (unpaired) electrons. The predicted molar refractivity (Wildman–Crippen MR) is 104 cm³/mol. The Morgan fingerprint density at radius 3 is 2.44 bits per heavy atom. The van der Waals surface area contributed by atoms with Crippen molar-refractivity contribution in [2.24, 2.45) is 0 Å². The van der Waals surface area contributed by atoms with Crippen LogP contribution < -0.4 is 24.8 Å². The molecule has 0 saturated heterocycles. The molecule has 27 heavy (non-hydrogen) atoms. The molecule has 8 heteroatoms. The van der Waals surface area contributed by atoms with Gasteiger partial charge in [0.05, 0.1) is 26.9 Å². The van der Waals surface area contributed by atoms with Gasteiger partial charge in [0.2, 0.25) is 5.75 Å². The van der Waals surface area contributed by atoms with Gasteiger partial charge in [-0.05, 0) is 31.2 Å². The van der Waals surface area contributed by atoms with E-state index in [1.54, 1.807) is 32.7 Å². The van der Waals surface area contributed by atoms with Crippen LogP contribution in [-0.4, -0.2) is 45.7 Å². The Labute approximate surface area is 162 Å². The monoisotopic (exact) mass is 389 g/mol. The van der Waals surface area contributed by atoms with E-state index in [1.165, 1.54) is 10.4 Å². The summed E-state index contributed by atoms with van der Waals surface area (Å²) in [5.41, 5.74) is 2.82. The summed E-state index contributed by atoms with van der Waals surface area (Å²) in [6.07, 6.45) is 0.540. The van der Waals surface area contributed by atoms with Crippen LogP contribution in [0.4, 0.5) is 5.00 Å². The van der Waals surface area contributed by atoms with Crippen LogP contribution in [0.15, 0.2) is 12.1 Å². The van der Waals surface area contributed by atoms with E-state index in [1.807, 2.05) is 12.1 Å². The number of hydrogen-bond donors (Lipinski definition) is 2. The lowest BCUT2D eigenvalue weighted by atomic mass is 10.0. The second-order valence-corrected chi connectivity index (χ2v) is 7.81. The Balaban J connectivity index is 1.71. The van der Waals surface area contributed by atoms with Crippen molar-refractivity contribution in [3.63, 3.8) is 0 Å². The van der Waals surface area contributed by atoms with Crippen molar-refractivity contribution in [1.29, 1.82) is 0 Å². The maximum atomic E-state index is 12.9. The summed E-state index contributed by atoms with van der Waals surface area (Å²) in [5, 5.41) is 7.47. The highest BCUT2D eigenvalue weighted by Crippen LogP contribution is 2.43. The highest BCUT2D eigenvalue weighted by molar-refractivity contribution is 7.16. The number of benzene rings is 1. The number of nitrogens with zero attached hydrogens (tertiary/aromatic N) is 1. The number of methoxy groups -OCH3 is 3. The first-order valence-corrected chi connectivity index (χ1v) is 9.57. The molecular formula is C19H23N3O4S. The first kappa shape index (κ1) is 17.9. The quantitative estimate of drug-likeness (QED) is 0.838. The molecule has 1 unspecified atom stereocenters. The van der Waals surface area contributed by atoms with Gasteiger partial charge in [0, 0.05) is 23.5 Å². The van der Waals surface area contributed by atoms with Gasteiger partial charge in [0.15, 0.2) is 11.5 Å². The van der Waals surface area contributed by atoms with Crippen LogP contribution in [0.2, 0.25) is 0 Å². The van der Waals surface area contributed by atoms with E-state index in [0.717, 1.165) is 35.6 Å². The number of thiophene rings is 1. The number of hydrogen-bond acceptors (Lipinski definition) is 7. The summed E-state index contributed by atoms with van der Waals surface area (Å²) < 4.78 is 16.3. The zero-order valence-corrected chi connectivity index (χ0v) is 16.7. The molecule has 1 amide bonds. The Hall–Kier alpha value is -2.45. The van der Waals surface area contributed by atoms with Gasteiger partial charge in [0.25, 0.3) is 5.91 Å². The zero-order valence-electron chi connectivity index (χ0n) is 15.8. The molecule has 2 aliphatic rings. The molecule has 0 bridgehead atoms. The minimum absolute atomic E-state index is 0.0374. The van der Waals surface area contributed by atoms with E-state index in [4.69, 9.17) is 14.2 Å². The lowest BCUT2D eigenvalue weighted by molar-refractivity contribution is 0.0934. The van der Waals surface area contributed by atoms with Crippen LogP contribution in [0.1, 0.15) is 32.5 Å². The van der Waals surface area contributed by atoms with Gasteiger partial charge in [-0.3, -0.25) is 4.79 Å². The van der Waals surface area contributed by atoms with Crippen molar-refractivity contribution in [3.8, 4) is 17.2 Å². The molecule has 144 valence electrons. The molecule has 7 nitrogen and oxygen atoms in total. The van der Waals surface area contributed by atoms with E-state index >= 15 is 0 Å². The average molecular weight is 389 g/mol. The summed E-state index contributed by atoms with van der Waals surface area (Å²) in [6, 6.07) is 3.71. The molecule has 2 aliphatic heterocycles. The fourth-order valence-electron chi connectivity index (χ4n) is 3.68. The molecule has 1 aromatic carbocycles. The second-order valence-electron chi connectivity index (χ2n) is 6.71. The van der Waals surface area contributed by atoms with Crippen molar-refractivity contribution in [2.45, 2.75) is 19.1 Å². The summed E-state index contributed by atoms with van der Waals surface area (Å²) in [5.74, 6) is 1.60. The van der Waals surface area contributed by atoms with Crippen molar-refractivity contribution in [2.75, 3.05) is 40.2 Å². The van der Waals surface area contributed by atoms with E-state index in [-0.39, 0.29) is 12.1 Å². The van der Waals surface area contributed by atoms with Crippen LogP contribution in [0.3, 0.4) is 0 Å². The smallest absolute Gasteiger partial charge is 0.256 e. The fraction of sp³-hybridized carbons (Fsp3) is 0.421. The Kier molecular flexibility index (Phi) is 4.61. The van der Waals surface area contributed by atoms with Crippen molar-refractivity contribution >= 4 is 22.2 Å². The van der Waals surface area contributed by atoms with Crippen LogP contribution >= 0.6 is 11.3 Å². The molecule has 3 heterocycles. The fourth-order valence-corrected chi connectivity index (χ4v) is 5.03. The normalized spacial score (nSPS) is 18.8. The molecule has 4 rings (SSSR count). The van der Waals surface area contributed by atoms with E-state index in [9.17, 15) is 4.79 Å². The number of likely N-dealkylation sites (N-methyl/N-ethyl adjacent to an activating group) is 1. The Morgan fingerprint density at radius 2 is 1.81 bits per heavy atom. The maximum Gasteiger partial charge on any atom is 0.256 e. The van der Waals surface area contributed by atoms with Gasteiger partial charge in [0.1, 0.15) is 11.2 Å². The molecule has 2 N–H and O–H groups in total. The average Bonchev–Trinajstić information content (AvgIpc) is 3.04. The van der Waals surface area contributed by atoms with E-state index in [2.05, 4.69) is 22.6 Å². The molecular weight excluding hydrogens is 366 g/mol. The molecule has 0 fully saturated rings. The standard InChI is InChI=1S/C19H23N3O4S/c1-22-6-5-11-14(9-22)27-19-15(11)18(23)20-17(21-19)10-7-12(24-2)16(26-4)13(8-10)25-3/h7-8,17,21H,5-6,9H2,1-4H3,(H,20,23). The third-order valence-corrected chi connectivity index (χ3v) is 6.19. The number of amides is 1. The third-order valence-electron chi connectivity index (χ3n) is 5.05. The van der Waals surface area contributed by atoms with Gasteiger partial charge < -0.3 is 29.7 Å². The van der Waals surface area contributed by atoms with Gasteiger partial charge in [-0.15, -0.1) is 11.3 Å². The number of nitrogens with one attached hydrogen (secondary N) is 2. The van der Waals surface area contributed by atoms with Gasteiger partial charge >= 0.3 is 0 Å². The van der Waals surface area contributed by atoms with Crippen LogP contribution in [-0.2, 0) is 13.0 Å². The number of ether oxygens (including phenoxy) is 3. The SMILES string of the molecule is COc1cc(C2NC(=O)c3c(sc4c3CCN(C)C4)N2)cc(OC)c1OC. The molecule has 0 aliphatic carbocycles. The van der Waals surface area contributed by atoms with Crippen LogP contribution in [0.25, 0.3) is 0 Å². The van der Waals surface area contributed by atoms with Crippen molar-refractivity contribution < 1.29 is 19.0 Å². The topological polar surface area (TPSA) is 72.1 Å². The summed E-state index contributed by atoms with van der Waals surface area (Å²) in [4.78, 5) is 16.4. The van der Waals surface area contributed by atoms with Gasteiger partial charge in [-0.1, -0.05) is 0 Å². The van der Waals surface area contributed by atoms with Gasteiger partial charge in [-0.25, -0.2) is 0 Å². The largest absolute Gasteiger partial charge is 0.493 e. The third kappa shape index (κ3) is 2.98. The van der Waals surface area contributed by atoms with Crippen LogP contribution in [0.5, 0.6) is 17.2 Å². The molecule has 0 saturated carbocycles. The van der Waals surface area contributed by atoms with Gasteiger partial charge in [-0.2, -0.15) is 0 Å². The Bertz CT molecular complexity index is 870. The predicted octanol–water partition coefficient (Wildman–Crippen LogP) is 2.62. The number of carbonyl (C=O) groups excluding carboxylic acids is 1. The number of carbonyl (C=O) groups is 1. The van der Waals surface area contributed by atoms with E-state index in [0.29, 0.717) is 17.2 Å². The first-order valence-electron chi connectivity index (χ1n) is 8.76. The lowest BCUT2D eigenvalue weighted by Gasteiger charge is -2.28.